The maximum absolute atomic E-state index is 11.6. The molecule has 1 aromatic carbocycles. The van der Waals surface area contributed by atoms with Gasteiger partial charge in [0.25, 0.3) is 0 Å². The minimum atomic E-state index is -0.228. The van der Waals surface area contributed by atoms with Crippen LogP contribution in [0.4, 0.5) is 5.82 Å². The lowest BCUT2D eigenvalue weighted by Crippen LogP contribution is -2.28. The van der Waals surface area contributed by atoms with Crippen molar-refractivity contribution in [2.75, 3.05) is 18.4 Å². The fourth-order valence-electron chi connectivity index (χ4n) is 1.52. The number of hydrogen-bond acceptors (Lipinski definition) is 4. The van der Waals surface area contributed by atoms with Crippen LogP contribution in [0.15, 0.2) is 36.9 Å². The molecule has 0 unspecified atom stereocenters. The van der Waals surface area contributed by atoms with Gasteiger partial charge in [-0.05, 0) is 12.1 Å². The van der Waals surface area contributed by atoms with Crippen LogP contribution in [-0.2, 0) is 4.79 Å². The van der Waals surface area contributed by atoms with Gasteiger partial charge in [-0.2, -0.15) is 0 Å². The van der Waals surface area contributed by atoms with Crippen molar-refractivity contribution in [3.8, 4) is 0 Å². The normalized spacial score (nSPS) is 10.4. The Balaban J connectivity index is 2.13. The summed E-state index contributed by atoms with van der Waals surface area (Å²) >= 11 is 5.98. The minimum absolute atomic E-state index is 0.164. The van der Waals surface area contributed by atoms with Crippen molar-refractivity contribution in [2.45, 2.75) is 0 Å². The highest BCUT2D eigenvalue weighted by atomic mass is 35.5. The topological polar surface area (TPSA) is 66.9 Å². The first-order chi connectivity index (χ1) is 9.20. The molecule has 0 bridgehead atoms. The molecule has 1 heterocycles. The third-order valence-corrected chi connectivity index (χ3v) is 2.62. The van der Waals surface area contributed by atoms with Crippen LogP contribution in [0.2, 0.25) is 5.15 Å². The molecule has 0 aliphatic heterocycles. The number of para-hydroxylation sites is 2. The van der Waals surface area contributed by atoms with Gasteiger partial charge in [0.05, 0.1) is 17.6 Å². The first-order valence-corrected chi connectivity index (χ1v) is 6.12. The molecule has 0 fully saturated rings. The third kappa shape index (κ3) is 3.49. The number of carbonyl (C=O) groups is 1. The van der Waals surface area contributed by atoms with Gasteiger partial charge in [0.15, 0.2) is 11.0 Å². The van der Waals surface area contributed by atoms with E-state index in [9.17, 15) is 4.79 Å². The fraction of sp³-hybridized carbons (Fsp3) is 0.154. The van der Waals surface area contributed by atoms with Crippen molar-refractivity contribution in [1.82, 2.24) is 15.3 Å². The Morgan fingerprint density at radius 3 is 2.68 bits per heavy atom. The van der Waals surface area contributed by atoms with Crippen molar-refractivity contribution in [2.24, 2.45) is 0 Å². The summed E-state index contributed by atoms with van der Waals surface area (Å²) in [5.74, 6) is 0.0408. The Morgan fingerprint density at radius 1 is 1.32 bits per heavy atom. The molecule has 1 aromatic heterocycles. The zero-order valence-corrected chi connectivity index (χ0v) is 10.9. The summed E-state index contributed by atoms with van der Waals surface area (Å²) in [6, 6.07) is 7.32. The highest BCUT2D eigenvalue weighted by Crippen LogP contribution is 2.20. The Morgan fingerprint density at radius 2 is 2.00 bits per heavy atom. The lowest BCUT2D eigenvalue weighted by atomic mass is 10.3. The molecule has 98 valence electrons. The van der Waals surface area contributed by atoms with Gasteiger partial charge in [-0.15, -0.1) is 6.58 Å². The standard InChI is InChI=1S/C13H13ClN4O/c1-2-7-15-8-11(19)18-13-12(14)16-9-5-3-4-6-10(9)17-13/h2-6,15H,1,7-8H2,(H,17,18,19). The monoisotopic (exact) mass is 276 g/mol. The zero-order chi connectivity index (χ0) is 13.7. The molecule has 6 heteroatoms. The molecule has 2 N–H and O–H groups in total. The van der Waals surface area contributed by atoms with Crippen molar-refractivity contribution in [1.29, 1.82) is 0 Å². The van der Waals surface area contributed by atoms with Gasteiger partial charge in [-0.1, -0.05) is 29.8 Å². The summed E-state index contributed by atoms with van der Waals surface area (Å²) in [6.45, 7) is 4.28. The van der Waals surface area contributed by atoms with E-state index in [1.54, 1.807) is 6.08 Å². The maximum Gasteiger partial charge on any atom is 0.239 e. The highest BCUT2D eigenvalue weighted by Gasteiger charge is 2.09. The molecule has 0 atom stereocenters. The first-order valence-electron chi connectivity index (χ1n) is 5.74. The molecule has 0 aliphatic carbocycles. The van der Waals surface area contributed by atoms with E-state index in [1.165, 1.54) is 0 Å². The molecule has 0 radical (unpaired) electrons. The number of halogens is 1. The number of rotatable bonds is 5. The second kappa shape index (κ2) is 6.26. The molecule has 0 saturated heterocycles. The number of amides is 1. The molecule has 1 amide bonds. The molecule has 0 saturated carbocycles. The van der Waals surface area contributed by atoms with Crippen molar-refractivity contribution in [3.05, 3.63) is 42.1 Å². The summed E-state index contributed by atoms with van der Waals surface area (Å²) in [6.07, 6.45) is 1.68. The fourth-order valence-corrected chi connectivity index (χ4v) is 1.70. The quantitative estimate of drug-likeness (QED) is 0.647. The largest absolute Gasteiger partial charge is 0.307 e. The van der Waals surface area contributed by atoms with Crippen molar-refractivity contribution >= 4 is 34.4 Å². The number of aromatic nitrogens is 2. The minimum Gasteiger partial charge on any atom is -0.307 e. The molecule has 0 aliphatic rings. The summed E-state index contributed by atoms with van der Waals surface area (Å²) in [5, 5.41) is 5.69. The van der Waals surface area contributed by atoms with Crippen molar-refractivity contribution < 1.29 is 4.79 Å². The van der Waals surface area contributed by atoms with E-state index >= 15 is 0 Å². The van der Waals surface area contributed by atoms with Gasteiger partial charge in [-0.25, -0.2) is 9.97 Å². The number of carbonyl (C=O) groups excluding carboxylic acids is 1. The number of benzene rings is 1. The second-order valence-electron chi connectivity index (χ2n) is 3.82. The predicted molar refractivity (Wildman–Crippen MR) is 76.2 cm³/mol. The van der Waals surface area contributed by atoms with E-state index in [1.807, 2.05) is 24.3 Å². The van der Waals surface area contributed by atoms with E-state index in [0.29, 0.717) is 17.6 Å². The average molecular weight is 277 g/mol. The Kier molecular flexibility index (Phi) is 4.43. The summed E-state index contributed by atoms with van der Waals surface area (Å²) < 4.78 is 0. The number of nitrogens with zero attached hydrogens (tertiary/aromatic N) is 2. The third-order valence-electron chi connectivity index (χ3n) is 2.36. The van der Waals surface area contributed by atoms with Crippen molar-refractivity contribution in [3.63, 3.8) is 0 Å². The van der Waals surface area contributed by atoms with E-state index in [2.05, 4.69) is 27.2 Å². The SMILES string of the molecule is C=CCNCC(=O)Nc1nc2ccccc2nc1Cl. The summed E-state index contributed by atoms with van der Waals surface area (Å²) in [4.78, 5) is 20.1. The number of hydrogen-bond donors (Lipinski definition) is 2. The molecule has 19 heavy (non-hydrogen) atoms. The van der Waals surface area contributed by atoms with Gasteiger partial charge < -0.3 is 10.6 Å². The second-order valence-corrected chi connectivity index (χ2v) is 4.18. The maximum atomic E-state index is 11.6. The van der Waals surface area contributed by atoms with Gasteiger partial charge in [0, 0.05) is 6.54 Å². The van der Waals surface area contributed by atoms with Gasteiger partial charge in [0.1, 0.15) is 0 Å². The van der Waals surface area contributed by atoms with Crippen LogP contribution >= 0.6 is 11.6 Å². The van der Waals surface area contributed by atoms with E-state index in [-0.39, 0.29) is 23.4 Å². The zero-order valence-electron chi connectivity index (χ0n) is 10.2. The Hall–Kier alpha value is -1.98. The van der Waals surface area contributed by atoms with Crippen LogP contribution in [0, 0.1) is 0 Å². The lowest BCUT2D eigenvalue weighted by Gasteiger charge is -2.07. The van der Waals surface area contributed by atoms with Gasteiger partial charge in [-0.3, -0.25) is 4.79 Å². The average Bonchev–Trinajstić information content (AvgIpc) is 2.40. The van der Waals surface area contributed by atoms with E-state index < -0.39 is 0 Å². The van der Waals surface area contributed by atoms with Crippen LogP contribution in [0.1, 0.15) is 0 Å². The number of fused-ring (bicyclic) bond motifs is 1. The van der Waals surface area contributed by atoms with Gasteiger partial charge >= 0.3 is 0 Å². The number of nitrogens with one attached hydrogen (secondary N) is 2. The molecular formula is C13H13ClN4O. The molecule has 2 aromatic rings. The lowest BCUT2D eigenvalue weighted by molar-refractivity contribution is -0.115. The van der Waals surface area contributed by atoms with E-state index in [4.69, 9.17) is 11.6 Å². The first kappa shape index (κ1) is 13.5. The van der Waals surface area contributed by atoms with Crippen LogP contribution in [0.25, 0.3) is 11.0 Å². The smallest absolute Gasteiger partial charge is 0.239 e. The van der Waals surface area contributed by atoms with Crippen LogP contribution < -0.4 is 10.6 Å². The number of anilines is 1. The Bertz CT molecular complexity index is 615. The Labute approximate surface area is 115 Å². The van der Waals surface area contributed by atoms with Crippen LogP contribution in [0.3, 0.4) is 0 Å². The summed E-state index contributed by atoms with van der Waals surface area (Å²) in [5.41, 5.74) is 1.37. The van der Waals surface area contributed by atoms with E-state index in [0.717, 1.165) is 0 Å². The molecular weight excluding hydrogens is 264 g/mol. The van der Waals surface area contributed by atoms with Crippen LogP contribution in [0.5, 0.6) is 0 Å². The molecule has 2 rings (SSSR count). The molecule has 5 nitrogen and oxygen atoms in total. The highest BCUT2D eigenvalue weighted by molar-refractivity contribution is 6.32. The summed E-state index contributed by atoms with van der Waals surface area (Å²) in [7, 11) is 0. The predicted octanol–water partition coefficient (Wildman–Crippen LogP) is 2.00. The van der Waals surface area contributed by atoms with Gasteiger partial charge in [0.2, 0.25) is 5.91 Å². The van der Waals surface area contributed by atoms with Crippen LogP contribution in [-0.4, -0.2) is 29.0 Å². The molecule has 0 spiro atoms.